The maximum atomic E-state index is 10.0. The third kappa shape index (κ3) is 13.4. The first-order chi connectivity index (χ1) is 8.06. The zero-order valence-electron chi connectivity index (χ0n) is 10.7. The Kier molecular flexibility index (Phi) is 14.0. The average molecular weight is 318 g/mol. The molecule has 0 saturated carbocycles. The number of H-pyrrole nitrogens is 1. The van der Waals surface area contributed by atoms with Crippen molar-refractivity contribution in [1.29, 1.82) is 0 Å². The summed E-state index contributed by atoms with van der Waals surface area (Å²) in [6.45, 7) is 2.81. The van der Waals surface area contributed by atoms with E-state index in [-0.39, 0.29) is 34.8 Å². The molecule has 4 nitrogen and oxygen atoms in total. The van der Waals surface area contributed by atoms with E-state index in [1.807, 2.05) is 6.20 Å². The minimum Gasteiger partial charge on any atom is -0.349 e. The van der Waals surface area contributed by atoms with E-state index in [2.05, 4.69) is 9.97 Å². The summed E-state index contributed by atoms with van der Waals surface area (Å²) in [5, 5.41) is 0. The van der Waals surface area contributed by atoms with Gasteiger partial charge in [-0.25, -0.2) is 4.98 Å². The summed E-state index contributed by atoms with van der Waals surface area (Å²) in [5.41, 5.74) is 0. The van der Waals surface area contributed by atoms with Gasteiger partial charge in [-0.2, -0.15) is 0 Å². The summed E-state index contributed by atoms with van der Waals surface area (Å²) in [7, 11) is 0. The van der Waals surface area contributed by atoms with Gasteiger partial charge >= 0.3 is 0 Å². The maximum Gasteiger partial charge on any atom is 0.137 e. The number of unbranched alkanes of at least 4 members (excludes halogenated alkanes) is 1. The Hall–Kier alpha value is -0.654. The molecule has 0 saturated heterocycles. The molecular weight excluding hydrogens is 299 g/mol. The number of nitrogens with zero attached hydrogens (tertiary/aromatic N) is 1. The van der Waals surface area contributed by atoms with Crippen molar-refractivity contribution in [3.8, 4) is 0 Å². The first kappa shape index (κ1) is 19.7. The second-order valence-corrected chi connectivity index (χ2v) is 4.14. The number of ketones is 2. The number of imidazole rings is 1. The molecule has 0 aliphatic heterocycles. The fourth-order valence-corrected chi connectivity index (χ4v) is 1.36. The van der Waals surface area contributed by atoms with Crippen LogP contribution in [0.4, 0.5) is 0 Å². The van der Waals surface area contributed by atoms with Crippen molar-refractivity contribution in [1.82, 2.24) is 9.97 Å². The Bertz CT molecular complexity index is 317. The van der Waals surface area contributed by atoms with Crippen molar-refractivity contribution >= 4 is 23.2 Å². The zero-order chi connectivity index (χ0) is 13.1. The number of rotatable bonds is 6. The van der Waals surface area contributed by atoms with Gasteiger partial charge < -0.3 is 4.98 Å². The van der Waals surface area contributed by atoms with E-state index >= 15 is 0 Å². The molecule has 0 fully saturated rings. The van der Waals surface area contributed by atoms with Gasteiger partial charge in [0.15, 0.2) is 0 Å². The molecule has 0 spiro atoms. The van der Waals surface area contributed by atoms with E-state index in [9.17, 15) is 9.59 Å². The third-order valence-electron chi connectivity index (χ3n) is 1.85. The van der Waals surface area contributed by atoms with Crippen molar-refractivity contribution in [2.24, 2.45) is 0 Å². The molecule has 0 unspecified atom stereocenters. The molecule has 0 amide bonds. The molecule has 105 valence electrons. The van der Waals surface area contributed by atoms with E-state index in [1.165, 1.54) is 13.8 Å². The van der Waals surface area contributed by atoms with Crippen LogP contribution in [0.25, 0.3) is 0 Å². The van der Waals surface area contributed by atoms with Crippen molar-refractivity contribution < 1.29 is 26.4 Å². The molecule has 1 aromatic rings. The third-order valence-corrected chi connectivity index (χ3v) is 2.12. The van der Waals surface area contributed by atoms with Crippen LogP contribution in [0.3, 0.4) is 0 Å². The molecule has 18 heavy (non-hydrogen) atoms. The standard InChI is InChI=1S/C7H11ClN2.C5H8O2.Co/c8-4-2-1-3-7-9-5-6-10-7;1-4(6)3-5(2)7;/h5-6H,1-4H2,(H,9,10);3H2,1-2H3;. The van der Waals surface area contributed by atoms with Gasteiger partial charge in [0.2, 0.25) is 0 Å². The van der Waals surface area contributed by atoms with Crippen LogP contribution in [0.2, 0.25) is 0 Å². The van der Waals surface area contributed by atoms with Gasteiger partial charge in [0.1, 0.15) is 17.4 Å². The van der Waals surface area contributed by atoms with E-state index in [0.717, 1.165) is 31.0 Å². The van der Waals surface area contributed by atoms with Gasteiger partial charge in [-0.1, -0.05) is 0 Å². The van der Waals surface area contributed by atoms with E-state index in [1.54, 1.807) is 6.20 Å². The number of carbonyl (C=O) groups is 2. The van der Waals surface area contributed by atoms with Gasteiger partial charge in [-0.3, -0.25) is 9.59 Å². The fraction of sp³-hybridized carbons (Fsp3) is 0.583. The predicted octanol–water partition coefficient (Wildman–Crippen LogP) is 2.52. The SMILES string of the molecule is CC(=O)CC(C)=O.ClCCCCc1ncc[nH]1.[Co]. The molecule has 6 heteroatoms. The Morgan fingerprint density at radius 2 is 1.89 bits per heavy atom. The number of aromatic nitrogens is 2. The molecule has 0 bridgehead atoms. The second kappa shape index (κ2) is 12.8. The summed E-state index contributed by atoms with van der Waals surface area (Å²) >= 11 is 5.51. The number of alkyl halides is 1. The molecule has 0 aliphatic rings. The molecule has 1 heterocycles. The summed E-state index contributed by atoms with van der Waals surface area (Å²) in [6.07, 6.45) is 6.91. The van der Waals surface area contributed by atoms with Crippen LogP contribution in [0, 0.1) is 0 Å². The molecular formula is C12H19ClCoN2O2. The van der Waals surface area contributed by atoms with Crippen molar-refractivity contribution in [2.75, 3.05) is 5.88 Å². The molecule has 0 aromatic carbocycles. The van der Waals surface area contributed by atoms with Gasteiger partial charge in [-0.15, -0.1) is 11.6 Å². The summed E-state index contributed by atoms with van der Waals surface area (Å²) < 4.78 is 0. The van der Waals surface area contributed by atoms with Gasteiger partial charge in [0, 0.05) is 41.5 Å². The van der Waals surface area contributed by atoms with Crippen LogP contribution in [0.15, 0.2) is 12.4 Å². The number of nitrogens with one attached hydrogen (secondary N) is 1. The van der Waals surface area contributed by atoms with Crippen LogP contribution < -0.4 is 0 Å². The predicted molar refractivity (Wildman–Crippen MR) is 68.2 cm³/mol. The Labute approximate surface area is 123 Å². The minimum atomic E-state index is -0.0625. The van der Waals surface area contributed by atoms with Crippen LogP contribution in [-0.4, -0.2) is 27.4 Å². The number of carbonyl (C=O) groups excluding carboxylic acids is 2. The number of Topliss-reactive ketones (excluding diaryl/α,β-unsaturated/α-hetero) is 2. The second-order valence-electron chi connectivity index (χ2n) is 3.76. The average Bonchev–Trinajstić information content (AvgIpc) is 2.69. The van der Waals surface area contributed by atoms with Crippen molar-refractivity contribution in [2.45, 2.75) is 39.5 Å². The molecule has 1 radical (unpaired) electrons. The van der Waals surface area contributed by atoms with Crippen molar-refractivity contribution in [3.05, 3.63) is 18.2 Å². The molecule has 1 rings (SSSR count). The minimum absolute atomic E-state index is 0. The van der Waals surface area contributed by atoms with Crippen LogP contribution in [0.5, 0.6) is 0 Å². The van der Waals surface area contributed by atoms with Gasteiger partial charge in [0.25, 0.3) is 0 Å². The van der Waals surface area contributed by atoms with Crippen LogP contribution in [0.1, 0.15) is 38.9 Å². The molecule has 1 N–H and O–H groups in total. The number of aromatic amines is 1. The molecule has 0 aliphatic carbocycles. The van der Waals surface area contributed by atoms with Crippen molar-refractivity contribution in [3.63, 3.8) is 0 Å². The topological polar surface area (TPSA) is 62.8 Å². The number of hydrogen-bond acceptors (Lipinski definition) is 3. The Balaban J connectivity index is 0. The number of halogens is 1. The monoisotopic (exact) mass is 317 g/mol. The van der Waals surface area contributed by atoms with Gasteiger partial charge in [0.05, 0.1) is 6.42 Å². The summed E-state index contributed by atoms with van der Waals surface area (Å²) in [6, 6.07) is 0. The molecule has 1 aromatic heterocycles. The zero-order valence-corrected chi connectivity index (χ0v) is 12.5. The van der Waals surface area contributed by atoms with E-state index in [4.69, 9.17) is 11.6 Å². The fourth-order valence-electron chi connectivity index (χ4n) is 1.17. The maximum absolute atomic E-state index is 10.0. The van der Waals surface area contributed by atoms with E-state index < -0.39 is 0 Å². The quantitative estimate of drug-likeness (QED) is 0.498. The Morgan fingerprint density at radius 1 is 1.28 bits per heavy atom. The van der Waals surface area contributed by atoms with Crippen LogP contribution >= 0.6 is 11.6 Å². The summed E-state index contributed by atoms with van der Waals surface area (Å²) in [5.74, 6) is 1.69. The first-order valence-corrected chi connectivity index (χ1v) is 6.12. The van der Waals surface area contributed by atoms with E-state index in [0.29, 0.717) is 0 Å². The largest absolute Gasteiger partial charge is 0.349 e. The van der Waals surface area contributed by atoms with Crippen LogP contribution in [-0.2, 0) is 32.8 Å². The van der Waals surface area contributed by atoms with Gasteiger partial charge in [-0.05, 0) is 26.7 Å². The number of hydrogen-bond donors (Lipinski definition) is 1. The normalized spacial score (nSPS) is 8.83. The summed E-state index contributed by atoms with van der Waals surface area (Å²) in [4.78, 5) is 27.2. The Morgan fingerprint density at radius 3 is 2.22 bits per heavy atom. The first-order valence-electron chi connectivity index (χ1n) is 5.59. The number of aryl methyl sites for hydroxylation is 1. The molecule has 0 atom stereocenters. The smallest absolute Gasteiger partial charge is 0.137 e.